The van der Waals surface area contributed by atoms with Crippen molar-refractivity contribution in [2.75, 3.05) is 39.6 Å². The maximum absolute atomic E-state index is 13.2. The van der Waals surface area contributed by atoms with Crippen molar-refractivity contribution in [2.24, 2.45) is 11.8 Å². The third-order valence-electron chi connectivity index (χ3n) is 21.5. The predicted octanol–water partition coefficient (Wildman–Crippen LogP) is 28.2. The van der Waals surface area contributed by atoms with E-state index in [-0.39, 0.29) is 25.7 Å². The zero-order valence-corrected chi connectivity index (χ0v) is 74.4. The molecular formula is C91H178O17P2. The Hall–Kier alpha value is -1.94. The summed E-state index contributed by atoms with van der Waals surface area (Å²) in [7, 11) is -9.94. The highest BCUT2D eigenvalue weighted by atomic mass is 31.2. The van der Waals surface area contributed by atoms with E-state index in [1.165, 1.54) is 308 Å². The van der Waals surface area contributed by atoms with E-state index in [9.17, 15) is 43.2 Å². The molecule has 0 heterocycles. The number of aliphatic hydroxyl groups is 1. The van der Waals surface area contributed by atoms with Gasteiger partial charge in [-0.2, -0.15) is 0 Å². The molecule has 0 aromatic rings. The zero-order valence-electron chi connectivity index (χ0n) is 72.6. The summed E-state index contributed by atoms with van der Waals surface area (Å²) in [5, 5.41) is 10.7. The standard InChI is InChI=1S/C91H178O17P2/c1-7-9-11-13-15-17-19-21-22-23-24-25-26-27-32-39-45-51-57-63-69-75-90(95)108-87(80-102-89(94)74-68-62-56-50-44-38-33-28-30-36-41-47-53-59-65-71-83(3)4)82-106-110(99,100)104-78-85(92)77-103-109(97,98)105-81-86(79-101-88(93)73-67-61-55-49-43-35-20-18-16-14-12-10-8-2)107-91(96)76-70-64-58-52-46-40-34-29-31-37-42-48-54-60-66-72-84(5)6/h83-87,92H,7-82H2,1-6H3,(H,97,98)(H,99,100)/t85-,86+,87+/m0/s1. The lowest BCUT2D eigenvalue weighted by molar-refractivity contribution is -0.161. The summed E-state index contributed by atoms with van der Waals surface area (Å²) in [5.74, 6) is -0.485. The van der Waals surface area contributed by atoms with Crippen LogP contribution in [0.5, 0.6) is 0 Å². The third kappa shape index (κ3) is 84.0. The van der Waals surface area contributed by atoms with Gasteiger partial charge in [-0.25, -0.2) is 9.13 Å². The molecule has 17 nitrogen and oxygen atoms in total. The van der Waals surface area contributed by atoms with Crippen LogP contribution in [0.15, 0.2) is 0 Å². The van der Waals surface area contributed by atoms with Crippen molar-refractivity contribution >= 4 is 39.5 Å². The number of aliphatic hydroxyl groups excluding tert-OH is 1. The van der Waals surface area contributed by atoms with Gasteiger partial charge in [-0.15, -0.1) is 0 Å². The molecule has 0 aliphatic rings. The lowest BCUT2D eigenvalue weighted by atomic mass is 10.0. The second-order valence-corrected chi connectivity index (χ2v) is 36.6. The van der Waals surface area contributed by atoms with Gasteiger partial charge in [0.15, 0.2) is 12.2 Å². The zero-order chi connectivity index (χ0) is 80.6. The van der Waals surface area contributed by atoms with Crippen molar-refractivity contribution in [3.05, 3.63) is 0 Å². The van der Waals surface area contributed by atoms with Crippen molar-refractivity contribution in [1.82, 2.24) is 0 Å². The highest BCUT2D eigenvalue weighted by Crippen LogP contribution is 2.45. The van der Waals surface area contributed by atoms with Crippen LogP contribution in [-0.2, 0) is 65.4 Å². The molecule has 110 heavy (non-hydrogen) atoms. The Kier molecular flexibility index (Phi) is 80.7. The maximum Gasteiger partial charge on any atom is 0.472 e. The van der Waals surface area contributed by atoms with Gasteiger partial charge >= 0.3 is 39.5 Å². The van der Waals surface area contributed by atoms with Gasteiger partial charge in [-0.3, -0.25) is 37.3 Å². The van der Waals surface area contributed by atoms with Crippen molar-refractivity contribution in [3.8, 4) is 0 Å². The molecule has 0 aliphatic heterocycles. The van der Waals surface area contributed by atoms with Crippen molar-refractivity contribution in [1.29, 1.82) is 0 Å². The molecule has 0 aliphatic carbocycles. The van der Waals surface area contributed by atoms with Crippen molar-refractivity contribution in [2.45, 2.75) is 509 Å². The van der Waals surface area contributed by atoms with E-state index in [2.05, 4.69) is 41.5 Å². The Morgan fingerprint density at radius 1 is 0.245 bits per heavy atom. The van der Waals surface area contributed by atoms with Gasteiger partial charge in [-0.05, 0) is 37.5 Å². The Balaban J connectivity index is 5.26. The van der Waals surface area contributed by atoms with Crippen LogP contribution in [0, 0.1) is 11.8 Å². The fourth-order valence-electron chi connectivity index (χ4n) is 14.3. The Labute approximate surface area is 677 Å². The van der Waals surface area contributed by atoms with E-state index in [1.54, 1.807) is 0 Å². The van der Waals surface area contributed by atoms with Crippen molar-refractivity contribution in [3.63, 3.8) is 0 Å². The number of rotatable bonds is 90. The Morgan fingerprint density at radius 2 is 0.418 bits per heavy atom. The molecule has 2 unspecified atom stereocenters. The fraction of sp³-hybridized carbons (Fsp3) is 0.956. The number of esters is 4. The van der Waals surface area contributed by atoms with Gasteiger partial charge in [0, 0.05) is 25.7 Å². The highest BCUT2D eigenvalue weighted by Gasteiger charge is 2.31. The third-order valence-corrected chi connectivity index (χ3v) is 23.4. The molecule has 0 spiro atoms. The summed E-state index contributed by atoms with van der Waals surface area (Å²) >= 11 is 0. The van der Waals surface area contributed by atoms with Gasteiger partial charge in [0.2, 0.25) is 0 Å². The molecule has 0 fully saturated rings. The fourth-order valence-corrected chi connectivity index (χ4v) is 15.9. The van der Waals surface area contributed by atoms with Crippen LogP contribution in [0.2, 0.25) is 0 Å². The van der Waals surface area contributed by atoms with E-state index in [4.69, 9.17) is 37.0 Å². The molecular weight excluding hydrogens is 1430 g/mol. The minimum absolute atomic E-state index is 0.109. The first-order valence-electron chi connectivity index (χ1n) is 47.0. The van der Waals surface area contributed by atoms with Crippen LogP contribution >= 0.6 is 15.6 Å². The summed E-state index contributed by atoms with van der Waals surface area (Å²) < 4.78 is 69.1. The first-order chi connectivity index (χ1) is 53.4. The monoisotopic (exact) mass is 1610 g/mol. The molecule has 0 aromatic heterocycles. The normalized spacial score (nSPS) is 13.7. The lowest BCUT2D eigenvalue weighted by Crippen LogP contribution is -2.30. The second kappa shape index (κ2) is 82.2. The van der Waals surface area contributed by atoms with Crippen LogP contribution in [0.25, 0.3) is 0 Å². The second-order valence-electron chi connectivity index (χ2n) is 33.6. The largest absolute Gasteiger partial charge is 0.472 e. The lowest BCUT2D eigenvalue weighted by Gasteiger charge is -2.21. The van der Waals surface area contributed by atoms with Crippen LogP contribution < -0.4 is 0 Å². The topological polar surface area (TPSA) is 237 Å². The smallest absolute Gasteiger partial charge is 0.462 e. The summed E-state index contributed by atoms with van der Waals surface area (Å²) in [6, 6.07) is 0. The number of phosphoric acid groups is 2. The predicted molar refractivity (Wildman–Crippen MR) is 455 cm³/mol. The number of hydrogen-bond donors (Lipinski definition) is 3. The van der Waals surface area contributed by atoms with Gasteiger partial charge in [0.1, 0.15) is 19.3 Å². The highest BCUT2D eigenvalue weighted by molar-refractivity contribution is 7.47. The maximum atomic E-state index is 13.2. The van der Waals surface area contributed by atoms with E-state index < -0.39 is 97.5 Å². The van der Waals surface area contributed by atoms with Gasteiger partial charge in [0.25, 0.3) is 0 Å². The summed E-state index contributed by atoms with van der Waals surface area (Å²) in [5.41, 5.74) is 0. The minimum atomic E-state index is -4.97. The van der Waals surface area contributed by atoms with Crippen LogP contribution in [0.3, 0.4) is 0 Å². The number of phosphoric ester groups is 2. The van der Waals surface area contributed by atoms with E-state index in [0.29, 0.717) is 25.7 Å². The summed E-state index contributed by atoms with van der Waals surface area (Å²) in [6.45, 7) is 9.76. The first kappa shape index (κ1) is 108. The number of unbranched alkanes of at least 4 members (excludes halogenated alkanes) is 60. The molecule has 0 aromatic carbocycles. The summed E-state index contributed by atoms with van der Waals surface area (Å²) in [4.78, 5) is 73.5. The van der Waals surface area contributed by atoms with E-state index in [1.807, 2.05) is 0 Å². The van der Waals surface area contributed by atoms with Crippen LogP contribution in [0.1, 0.15) is 491 Å². The van der Waals surface area contributed by atoms with Gasteiger partial charge < -0.3 is 33.8 Å². The average molecular weight is 1610 g/mol. The first-order valence-corrected chi connectivity index (χ1v) is 50.0. The molecule has 3 N–H and O–H groups in total. The van der Waals surface area contributed by atoms with Gasteiger partial charge in [-0.1, -0.05) is 440 Å². The molecule has 19 heteroatoms. The summed E-state index contributed by atoms with van der Waals surface area (Å²) in [6.07, 6.45) is 76.3. The molecule has 0 amide bonds. The number of ether oxygens (including phenoxy) is 4. The molecule has 5 atom stereocenters. The van der Waals surface area contributed by atoms with E-state index >= 15 is 0 Å². The molecule has 0 bridgehead atoms. The quantitative estimate of drug-likeness (QED) is 0.0222. The van der Waals surface area contributed by atoms with Gasteiger partial charge in [0.05, 0.1) is 26.4 Å². The Bertz CT molecular complexity index is 2100. The number of carbonyl (C=O) groups excluding carboxylic acids is 4. The molecule has 0 rings (SSSR count). The Morgan fingerprint density at radius 3 is 0.618 bits per heavy atom. The number of carbonyl (C=O) groups is 4. The van der Waals surface area contributed by atoms with Crippen LogP contribution in [-0.4, -0.2) is 96.7 Å². The number of hydrogen-bond acceptors (Lipinski definition) is 15. The minimum Gasteiger partial charge on any atom is -0.462 e. The molecule has 0 radical (unpaired) electrons. The van der Waals surface area contributed by atoms with Crippen molar-refractivity contribution < 1.29 is 80.2 Å². The molecule has 0 saturated heterocycles. The SMILES string of the molecule is CCCCCCCCCCCCCCCCCCCCCCCC(=O)O[C@H](COC(=O)CCCCCCCCCCCCCCCCCC(C)C)COP(=O)(O)OC[C@@H](O)COP(=O)(O)OC[C@@H](COC(=O)CCCCCCCCCCCCCCC)OC(=O)CCCCCCCCCCCCCCCCCC(C)C. The molecule has 0 saturated carbocycles. The molecule has 654 valence electrons. The van der Waals surface area contributed by atoms with E-state index in [0.717, 1.165) is 102 Å². The van der Waals surface area contributed by atoms with Crippen LogP contribution in [0.4, 0.5) is 0 Å². The average Bonchev–Trinajstić information content (AvgIpc) is 0.898.